The first-order valence-electron chi connectivity index (χ1n) is 9.75. The molecule has 0 aliphatic carbocycles. The summed E-state index contributed by atoms with van der Waals surface area (Å²) < 4.78 is 16.6. The van der Waals surface area contributed by atoms with Crippen LogP contribution in [0.15, 0.2) is 47.8 Å². The molecule has 0 saturated heterocycles. The van der Waals surface area contributed by atoms with Gasteiger partial charge in [-0.25, -0.2) is 9.78 Å². The number of carbonyl (C=O) groups excluding carboxylic acids is 1. The number of carbonyl (C=O) groups is 1. The highest BCUT2D eigenvalue weighted by molar-refractivity contribution is 5.89. The van der Waals surface area contributed by atoms with Gasteiger partial charge in [-0.15, -0.1) is 0 Å². The number of hydrogen-bond acceptors (Lipinski definition) is 7. The third kappa shape index (κ3) is 5.85. The van der Waals surface area contributed by atoms with Gasteiger partial charge in [0.15, 0.2) is 6.10 Å². The summed E-state index contributed by atoms with van der Waals surface area (Å²) in [5, 5.41) is 6.73. The molecular weight excluding hydrogens is 386 g/mol. The first kappa shape index (κ1) is 21.4. The Morgan fingerprint density at radius 1 is 1.20 bits per heavy atom. The summed E-state index contributed by atoms with van der Waals surface area (Å²) in [6, 6.07) is 11.5. The van der Waals surface area contributed by atoms with Crippen LogP contribution in [0.3, 0.4) is 0 Å². The Morgan fingerprint density at radius 3 is 2.73 bits per heavy atom. The number of nitrogens with zero attached hydrogens (tertiary/aromatic N) is 2. The zero-order chi connectivity index (χ0) is 21.6. The average molecular weight is 413 g/mol. The number of para-hydroxylation sites is 1. The molecule has 1 N–H and O–H groups in total. The van der Waals surface area contributed by atoms with E-state index >= 15 is 0 Å². The fraction of sp³-hybridized carbons (Fsp3) is 0.409. The van der Waals surface area contributed by atoms with Crippen LogP contribution in [0.1, 0.15) is 27.2 Å². The van der Waals surface area contributed by atoms with E-state index in [2.05, 4.69) is 15.5 Å². The smallest absolute Gasteiger partial charge is 0.407 e. The summed E-state index contributed by atoms with van der Waals surface area (Å²) in [7, 11) is 1.59. The predicted octanol–water partition coefficient (Wildman–Crippen LogP) is 3.81. The number of ether oxygens (including phenoxy) is 3. The number of pyridine rings is 1. The Balaban J connectivity index is 1.54. The molecule has 1 aliphatic rings. The van der Waals surface area contributed by atoms with Crippen LogP contribution in [-0.4, -0.2) is 48.8 Å². The van der Waals surface area contributed by atoms with Gasteiger partial charge in [0.25, 0.3) is 0 Å². The molecule has 1 aromatic heterocycles. The second kappa shape index (κ2) is 9.47. The summed E-state index contributed by atoms with van der Waals surface area (Å²) in [5.41, 5.74) is 1.92. The van der Waals surface area contributed by atoms with Gasteiger partial charge in [-0.1, -0.05) is 23.4 Å². The second-order valence-electron chi connectivity index (χ2n) is 7.81. The van der Waals surface area contributed by atoms with Crippen LogP contribution in [-0.2, 0) is 9.57 Å². The molecule has 30 heavy (non-hydrogen) atoms. The Morgan fingerprint density at radius 2 is 1.97 bits per heavy atom. The van der Waals surface area contributed by atoms with Crippen molar-refractivity contribution in [2.45, 2.75) is 38.9 Å². The van der Waals surface area contributed by atoms with Gasteiger partial charge in [0, 0.05) is 23.7 Å². The van der Waals surface area contributed by atoms with E-state index in [1.807, 2.05) is 57.2 Å². The fourth-order valence-corrected chi connectivity index (χ4v) is 2.92. The standard InChI is InChI=1S/C22H27N3O5/c1-22(2,3)29-21(26)24-13-15-12-16(30-25-15)14-28-19-10-6-5-8-17(19)18-9-7-11-23-20(18)27-4/h5-11,16H,12-14H2,1-4H3,(H,24,26). The highest BCUT2D eigenvalue weighted by atomic mass is 16.7. The van der Waals surface area contributed by atoms with Crippen LogP contribution in [0.4, 0.5) is 4.79 Å². The van der Waals surface area contributed by atoms with Gasteiger partial charge in [0.05, 0.1) is 19.4 Å². The summed E-state index contributed by atoms with van der Waals surface area (Å²) in [4.78, 5) is 21.5. The van der Waals surface area contributed by atoms with Crippen LogP contribution >= 0.6 is 0 Å². The molecule has 0 spiro atoms. The molecule has 0 bridgehead atoms. The van der Waals surface area contributed by atoms with Gasteiger partial charge >= 0.3 is 6.09 Å². The minimum Gasteiger partial charge on any atom is -0.489 e. The van der Waals surface area contributed by atoms with Crippen molar-refractivity contribution in [1.82, 2.24) is 10.3 Å². The fourth-order valence-electron chi connectivity index (χ4n) is 2.92. The summed E-state index contributed by atoms with van der Waals surface area (Å²) in [6.45, 7) is 6.03. The molecule has 8 heteroatoms. The van der Waals surface area contributed by atoms with Gasteiger partial charge < -0.3 is 24.4 Å². The van der Waals surface area contributed by atoms with Crippen molar-refractivity contribution in [2.75, 3.05) is 20.3 Å². The van der Waals surface area contributed by atoms with E-state index in [9.17, 15) is 4.79 Å². The number of aromatic nitrogens is 1. The van der Waals surface area contributed by atoms with Crippen molar-refractivity contribution in [1.29, 1.82) is 0 Å². The number of hydrogen-bond donors (Lipinski definition) is 1. The predicted molar refractivity (Wildman–Crippen MR) is 113 cm³/mol. The van der Waals surface area contributed by atoms with Gasteiger partial charge in [-0.3, -0.25) is 0 Å². The van der Waals surface area contributed by atoms with E-state index in [4.69, 9.17) is 19.0 Å². The first-order valence-corrected chi connectivity index (χ1v) is 9.75. The van der Waals surface area contributed by atoms with Crippen LogP contribution < -0.4 is 14.8 Å². The summed E-state index contributed by atoms with van der Waals surface area (Å²) >= 11 is 0. The average Bonchev–Trinajstić information content (AvgIpc) is 3.17. The molecule has 160 valence electrons. The van der Waals surface area contributed by atoms with E-state index in [0.29, 0.717) is 24.7 Å². The monoisotopic (exact) mass is 413 g/mol. The third-order valence-corrected chi connectivity index (χ3v) is 4.20. The highest BCUT2D eigenvalue weighted by Crippen LogP contribution is 2.35. The normalized spacial score (nSPS) is 15.7. The lowest BCUT2D eigenvalue weighted by Gasteiger charge is -2.19. The molecule has 0 saturated carbocycles. The molecule has 0 radical (unpaired) electrons. The Kier molecular flexibility index (Phi) is 6.76. The minimum atomic E-state index is -0.543. The molecule has 2 aromatic rings. The topological polar surface area (TPSA) is 91.3 Å². The number of nitrogens with one attached hydrogen (secondary N) is 1. The van der Waals surface area contributed by atoms with E-state index in [0.717, 1.165) is 16.8 Å². The number of oxime groups is 1. The Hall–Kier alpha value is -3.29. The second-order valence-corrected chi connectivity index (χ2v) is 7.81. The number of amides is 1. The molecule has 1 aromatic carbocycles. The van der Waals surface area contributed by atoms with Crippen LogP contribution in [0.5, 0.6) is 11.6 Å². The molecule has 3 rings (SSSR count). The van der Waals surface area contributed by atoms with Crippen molar-refractivity contribution < 1.29 is 23.8 Å². The Bertz CT molecular complexity index is 908. The van der Waals surface area contributed by atoms with Crippen molar-refractivity contribution in [3.63, 3.8) is 0 Å². The quantitative estimate of drug-likeness (QED) is 0.742. The lowest BCUT2D eigenvalue weighted by Crippen LogP contribution is -2.35. The molecule has 0 fully saturated rings. The molecular formula is C22H27N3O5. The van der Waals surface area contributed by atoms with Crippen molar-refractivity contribution in [3.05, 3.63) is 42.6 Å². The van der Waals surface area contributed by atoms with Gasteiger partial charge in [0.2, 0.25) is 5.88 Å². The van der Waals surface area contributed by atoms with E-state index in [1.54, 1.807) is 13.3 Å². The summed E-state index contributed by atoms with van der Waals surface area (Å²) in [5.74, 6) is 1.23. The first-order chi connectivity index (χ1) is 14.4. The third-order valence-electron chi connectivity index (χ3n) is 4.20. The largest absolute Gasteiger partial charge is 0.489 e. The van der Waals surface area contributed by atoms with Crippen molar-refractivity contribution >= 4 is 11.8 Å². The van der Waals surface area contributed by atoms with Crippen LogP contribution in [0.25, 0.3) is 11.1 Å². The maximum Gasteiger partial charge on any atom is 0.407 e. The SMILES string of the molecule is COc1ncccc1-c1ccccc1OCC1CC(CNC(=O)OC(C)(C)C)=NO1. The minimum absolute atomic E-state index is 0.232. The number of alkyl carbamates (subject to hydrolysis) is 1. The Labute approximate surface area is 176 Å². The molecule has 1 aliphatic heterocycles. The zero-order valence-corrected chi connectivity index (χ0v) is 17.7. The zero-order valence-electron chi connectivity index (χ0n) is 17.7. The van der Waals surface area contributed by atoms with E-state index in [1.165, 1.54) is 0 Å². The van der Waals surface area contributed by atoms with Crippen molar-refractivity contribution in [2.24, 2.45) is 5.16 Å². The maximum atomic E-state index is 11.8. The number of methoxy groups -OCH3 is 1. The number of rotatable bonds is 7. The molecule has 1 unspecified atom stereocenters. The van der Waals surface area contributed by atoms with Gasteiger partial charge in [0.1, 0.15) is 18.0 Å². The van der Waals surface area contributed by atoms with Crippen LogP contribution in [0, 0.1) is 0 Å². The highest BCUT2D eigenvalue weighted by Gasteiger charge is 2.24. The molecule has 2 heterocycles. The number of benzene rings is 1. The van der Waals surface area contributed by atoms with E-state index in [-0.39, 0.29) is 12.6 Å². The molecule has 1 amide bonds. The van der Waals surface area contributed by atoms with E-state index < -0.39 is 11.7 Å². The van der Waals surface area contributed by atoms with Gasteiger partial charge in [-0.2, -0.15) is 0 Å². The summed E-state index contributed by atoms with van der Waals surface area (Å²) in [6.07, 6.45) is 1.53. The molecule has 1 atom stereocenters. The lowest BCUT2D eigenvalue weighted by molar-refractivity contribution is 0.0472. The van der Waals surface area contributed by atoms with Gasteiger partial charge in [-0.05, 0) is 39.0 Å². The molecule has 8 nitrogen and oxygen atoms in total. The van der Waals surface area contributed by atoms with Crippen molar-refractivity contribution in [3.8, 4) is 22.8 Å². The lowest BCUT2D eigenvalue weighted by atomic mass is 10.1. The maximum absolute atomic E-state index is 11.8. The van der Waals surface area contributed by atoms with Crippen LogP contribution in [0.2, 0.25) is 0 Å².